The number of hydrogen-bond acceptors (Lipinski definition) is 6. The van der Waals surface area contributed by atoms with Crippen LogP contribution < -0.4 is 10.1 Å². The molecule has 10 heteroatoms. The van der Waals surface area contributed by atoms with Gasteiger partial charge >= 0.3 is 0 Å². The fourth-order valence-corrected chi connectivity index (χ4v) is 3.48. The molecule has 1 N–H and O–H groups in total. The van der Waals surface area contributed by atoms with Gasteiger partial charge in [0.1, 0.15) is 17.3 Å². The van der Waals surface area contributed by atoms with Gasteiger partial charge in [-0.15, -0.1) is 0 Å². The summed E-state index contributed by atoms with van der Waals surface area (Å²) in [4.78, 5) is 28.4. The van der Waals surface area contributed by atoms with Gasteiger partial charge in [-0.3, -0.25) is 14.9 Å². The molecule has 1 aliphatic heterocycles. The van der Waals surface area contributed by atoms with Crippen LogP contribution in [0.4, 0.5) is 10.1 Å². The quantitative estimate of drug-likeness (QED) is 0.387. The lowest BCUT2D eigenvalue weighted by Crippen LogP contribution is -2.49. The minimum atomic E-state index is -1.41. The zero-order chi connectivity index (χ0) is 21.6. The van der Waals surface area contributed by atoms with E-state index in [1.165, 1.54) is 18.2 Å². The van der Waals surface area contributed by atoms with E-state index in [0.29, 0.717) is 19.0 Å². The van der Waals surface area contributed by atoms with Crippen LogP contribution in [0.1, 0.15) is 23.2 Å². The largest absolute Gasteiger partial charge is 0.476 e. The lowest BCUT2D eigenvalue weighted by molar-refractivity contribution is -0.384. The Morgan fingerprint density at radius 2 is 2.10 bits per heavy atom. The van der Waals surface area contributed by atoms with Crippen LogP contribution in [0.3, 0.4) is 0 Å². The van der Waals surface area contributed by atoms with Gasteiger partial charge in [0.05, 0.1) is 4.92 Å². The summed E-state index contributed by atoms with van der Waals surface area (Å²) in [6.45, 7) is 1.54. The number of nitrogens with zero attached hydrogens (tertiary/aromatic N) is 3. The van der Waals surface area contributed by atoms with Gasteiger partial charge in [0.25, 0.3) is 11.6 Å². The molecule has 1 saturated heterocycles. The number of nitrogens with one attached hydrogen (secondary N) is 1. The minimum Gasteiger partial charge on any atom is -0.476 e. The molecule has 0 radical (unpaired) electrons. The van der Waals surface area contributed by atoms with Gasteiger partial charge in [-0.05, 0) is 18.2 Å². The fourth-order valence-electron chi connectivity index (χ4n) is 3.23. The van der Waals surface area contributed by atoms with Crippen molar-refractivity contribution < 1.29 is 18.8 Å². The average Bonchev–Trinajstić information content (AvgIpc) is 2.74. The van der Waals surface area contributed by atoms with E-state index >= 15 is 4.39 Å². The predicted octanol–water partition coefficient (Wildman–Crippen LogP) is 3.26. The second-order valence-corrected chi connectivity index (χ2v) is 7.47. The molecule has 1 fully saturated rings. The van der Waals surface area contributed by atoms with Gasteiger partial charge < -0.3 is 15.0 Å². The van der Waals surface area contributed by atoms with Crippen LogP contribution in [0.5, 0.6) is 5.88 Å². The van der Waals surface area contributed by atoms with Crippen molar-refractivity contribution in [2.45, 2.75) is 18.5 Å². The number of alkyl halides is 1. The first-order valence-electron chi connectivity index (χ1n) is 9.55. The van der Waals surface area contributed by atoms with Gasteiger partial charge in [0, 0.05) is 62.9 Å². The number of halogens is 2. The fraction of sp³-hybridized carbons (Fsp3) is 0.400. The van der Waals surface area contributed by atoms with Crippen molar-refractivity contribution in [3.05, 3.63) is 63.3 Å². The molecule has 30 heavy (non-hydrogen) atoms. The number of carbonyl (C=O) groups is 1. The van der Waals surface area contributed by atoms with Crippen molar-refractivity contribution in [1.82, 2.24) is 15.2 Å². The molecule has 0 aliphatic carbocycles. The molecule has 3 rings (SSSR count). The first-order valence-corrected chi connectivity index (χ1v) is 9.92. The van der Waals surface area contributed by atoms with Gasteiger partial charge in [0.2, 0.25) is 5.88 Å². The van der Waals surface area contributed by atoms with E-state index in [1.807, 2.05) is 6.07 Å². The maximum Gasteiger partial charge on any atom is 0.287 e. The highest BCUT2D eigenvalue weighted by atomic mass is 35.5. The zero-order valence-electron chi connectivity index (χ0n) is 16.2. The third-order valence-electron chi connectivity index (χ3n) is 4.95. The van der Waals surface area contributed by atoms with Gasteiger partial charge in [0.15, 0.2) is 0 Å². The normalized spacial score (nSPS) is 15.6. The summed E-state index contributed by atoms with van der Waals surface area (Å²) in [6, 6.07) is 9.23. The second-order valence-electron chi connectivity index (χ2n) is 7.06. The van der Waals surface area contributed by atoms with Crippen LogP contribution in [0.2, 0.25) is 5.02 Å². The molecule has 0 unspecified atom stereocenters. The molecule has 0 atom stereocenters. The molecule has 1 amide bonds. The molecule has 2 aromatic rings. The Hall–Kier alpha value is -2.78. The number of hydrogen-bond donors (Lipinski definition) is 1. The minimum absolute atomic E-state index is 0.0974. The summed E-state index contributed by atoms with van der Waals surface area (Å²) in [6.07, 6.45) is 2.04. The van der Waals surface area contributed by atoms with E-state index < -0.39 is 10.6 Å². The number of rotatable bonds is 8. The predicted molar refractivity (Wildman–Crippen MR) is 110 cm³/mol. The Balaban J connectivity index is 1.43. The second kappa shape index (κ2) is 9.82. The number of amides is 1. The van der Waals surface area contributed by atoms with Crippen molar-refractivity contribution in [2.75, 3.05) is 32.8 Å². The molecular weight excluding hydrogens is 415 g/mol. The highest BCUT2D eigenvalue weighted by Crippen LogP contribution is 2.29. The first kappa shape index (κ1) is 21.9. The smallest absolute Gasteiger partial charge is 0.287 e. The van der Waals surface area contributed by atoms with E-state index in [-0.39, 0.29) is 54.7 Å². The summed E-state index contributed by atoms with van der Waals surface area (Å²) in [5.41, 5.74) is -1.41. The molecular formula is C20H22ClFN4O4. The van der Waals surface area contributed by atoms with Crippen LogP contribution >= 0.6 is 11.6 Å². The number of benzene rings is 1. The average molecular weight is 437 g/mol. The number of likely N-dealkylation sites (tertiary alicyclic amines) is 1. The van der Waals surface area contributed by atoms with Crippen molar-refractivity contribution in [1.29, 1.82) is 0 Å². The SMILES string of the molecule is O=C(c1ccc([N+](=O)[O-])c(Cl)c1)N1CCC(F)(CNCCOc2ccccn2)CC1. The molecule has 1 aliphatic rings. The zero-order valence-corrected chi connectivity index (χ0v) is 17.0. The lowest BCUT2D eigenvalue weighted by Gasteiger charge is -2.36. The number of piperidine rings is 1. The maximum absolute atomic E-state index is 15.0. The number of carbonyl (C=O) groups excluding carboxylic acids is 1. The highest BCUT2D eigenvalue weighted by molar-refractivity contribution is 6.33. The van der Waals surface area contributed by atoms with Crippen molar-refractivity contribution >= 4 is 23.2 Å². The third-order valence-corrected chi connectivity index (χ3v) is 5.25. The monoisotopic (exact) mass is 436 g/mol. The maximum atomic E-state index is 15.0. The molecule has 0 bridgehead atoms. The van der Waals surface area contributed by atoms with Crippen molar-refractivity contribution in [3.63, 3.8) is 0 Å². The number of nitro benzene ring substituents is 1. The van der Waals surface area contributed by atoms with Crippen LogP contribution in [0.25, 0.3) is 0 Å². The number of pyridine rings is 1. The summed E-state index contributed by atoms with van der Waals surface area (Å²) in [5, 5.41) is 13.8. The third kappa shape index (κ3) is 5.64. The van der Waals surface area contributed by atoms with Crippen LogP contribution in [0.15, 0.2) is 42.6 Å². The van der Waals surface area contributed by atoms with Gasteiger partial charge in [-0.1, -0.05) is 17.7 Å². The number of aromatic nitrogens is 1. The van der Waals surface area contributed by atoms with Crippen LogP contribution in [-0.2, 0) is 0 Å². The standard InChI is InChI=1S/C20H22ClFN4O4/c21-16-13-15(4-5-17(16)26(28)29)19(27)25-10-6-20(22,7-11-25)14-23-9-12-30-18-3-1-2-8-24-18/h1-5,8,13,23H,6-7,9-12,14H2. The van der Waals surface area contributed by atoms with Gasteiger partial charge in [-0.25, -0.2) is 9.37 Å². The summed E-state index contributed by atoms with van der Waals surface area (Å²) >= 11 is 5.88. The van der Waals surface area contributed by atoms with Crippen LogP contribution in [-0.4, -0.2) is 59.2 Å². The van der Waals surface area contributed by atoms with Crippen LogP contribution in [0, 0.1) is 10.1 Å². The molecule has 2 heterocycles. The van der Waals surface area contributed by atoms with Crippen molar-refractivity contribution in [2.24, 2.45) is 0 Å². The van der Waals surface area contributed by atoms with Gasteiger partial charge in [-0.2, -0.15) is 0 Å². The van der Waals surface area contributed by atoms with E-state index in [1.54, 1.807) is 23.2 Å². The summed E-state index contributed by atoms with van der Waals surface area (Å²) < 4.78 is 20.5. The molecule has 1 aromatic carbocycles. The molecule has 0 saturated carbocycles. The Kier molecular flexibility index (Phi) is 7.17. The lowest BCUT2D eigenvalue weighted by atomic mass is 9.92. The summed E-state index contributed by atoms with van der Waals surface area (Å²) in [7, 11) is 0. The van der Waals surface area contributed by atoms with E-state index in [4.69, 9.17) is 16.3 Å². The molecule has 8 nitrogen and oxygen atoms in total. The first-order chi connectivity index (χ1) is 14.4. The summed E-state index contributed by atoms with van der Waals surface area (Å²) in [5.74, 6) is 0.206. The number of ether oxygens (including phenoxy) is 1. The topological polar surface area (TPSA) is 97.6 Å². The van der Waals surface area contributed by atoms with E-state index in [2.05, 4.69) is 10.3 Å². The Labute approximate surface area is 178 Å². The van der Waals surface area contributed by atoms with E-state index in [9.17, 15) is 14.9 Å². The molecule has 0 spiro atoms. The Morgan fingerprint density at radius 1 is 1.33 bits per heavy atom. The molecule has 160 valence electrons. The highest BCUT2D eigenvalue weighted by Gasteiger charge is 2.36. The molecule has 1 aromatic heterocycles. The van der Waals surface area contributed by atoms with E-state index in [0.717, 1.165) is 0 Å². The Morgan fingerprint density at radius 3 is 2.73 bits per heavy atom. The number of nitro groups is 1. The van der Waals surface area contributed by atoms with Crippen molar-refractivity contribution in [3.8, 4) is 5.88 Å². The Bertz CT molecular complexity index is 892.